The third-order valence-corrected chi connectivity index (χ3v) is 4.41. The van der Waals surface area contributed by atoms with Crippen LogP contribution in [-0.2, 0) is 9.59 Å². The first-order valence-electron chi connectivity index (χ1n) is 10.3. The lowest BCUT2D eigenvalue weighted by Crippen LogP contribution is -2.33. The molecule has 32 heavy (non-hydrogen) atoms. The molecule has 172 valence electrons. The van der Waals surface area contributed by atoms with Crippen molar-refractivity contribution in [3.05, 3.63) is 48.0 Å². The van der Waals surface area contributed by atoms with E-state index < -0.39 is 0 Å². The van der Waals surface area contributed by atoms with E-state index >= 15 is 0 Å². The first kappa shape index (κ1) is 24.6. The molecule has 0 aliphatic carbocycles. The Morgan fingerprint density at radius 2 is 1.56 bits per heavy atom. The maximum Gasteiger partial charge on any atom is 0.246 e. The van der Waals surface area contributed by atoms with Crippen LogP contribution in [0.4, 0.5) is 5.69 Å². The molecule has 0 aliphatic rings. The molecule has 1 N–H and O–H groups in total. The van der Waals surface area contributed by atoms with Crippen molar-refractivity contribution in [1.82, 2.24) is 4.90 Å². The molecule has 8 nitrogen and oxygen atoms in total. The first-order valence-corrected chi connectivity index (χ1v) is 10.3. The van der Waals surface area contributed by atoms with Crippen molar-refractivity contribution in [2.24, 2.45) is 0 Å². The van der Waals surface area contributed by atoms with Crippen LogP contribution < -0.4 is 24.3 Å². The highest BCUT2D eigenvalue weighted by molar-refractivity contribution is 5.98. The standard InChI is InChI=1S/C24H30N2O6/c1-6-31-20-12-10-18(15-22(20)32-7-2)25-23(27)16-26(3)24(28)13-9-17-8-11-19(29-4)21(14-17)30-5/h8-15H,6-7,16H2,1-5H3,(H,25,27)/b13-9+. The fourth-order valence-corrected chi connectivity index (χ4v) is 2.87. The quantitative estimate of drug-likeness (QED) is 0.535. The summed E-state index contributed by atoms with van der Waals surface area (Å²) in [6, 6.07) is 10.5. The van der Waals surface area contributed by atoms with Crippen LogP contribution in [0.1, 0.15) is 19.4 Å². The Kier molecular flexibility index (Phi) is 9.41. The number of nitrogens with zero attached hydrogens (tertiary/aromatic N) is 1. The number of likely N-dealkylation sites (N-methyl/N-ethyl adjacent to an activating group) is 1. The van der Waals surface area contributed by atoms with Gasteiger partial charge in [-0.05, 0) is 49.8 Å². The molecular weight excluding hydrogens is 412 g/mol. The van der Waals surface area contributed by atoms with Crippen molar-refractivity contribution < 1.29 is 28.5 Å². The van der Waals surface area contributed by atoms with E-state index in [4.69, 9.17) is 18.9 Å². The van der Waals surface area contributed by atoms with Gasteiger partial charge in [-0.25, -0.2) is 0 Å². The Labute approximate surface area is 188 Å². The van der Waals surface area contributed by atoms with Gasteiger partial charge in [0, 0.05) is 24.9 Å². The highest BCUT2D eigenvalue weighted by Crippen LogP contribution is 2.30. The molecule has 2 amide bonds. The average molecular weight is 443 g/mol. The first-order chi connectivity index (χ1) is 15.4. The maximum atomic E-state index is 12.4. The van der Waals surface area contributed by atoms with Gasteiger partial charge in [0.05, 0.1) is 34.0 Å². The Morgan fingerprint density at radius 1 is 0.906 bits per heavy atom. The topological polar surface area (TPSA) is 86.3 Å². The van der Waals surface area contributed by atoms with Crippen LogP contribution in [0, 0.1) is 0 Å². The minimum Gasteiger partial charge on any atom is -0.493 e. The molecule has 2 aromatic carbocycles. The maximum absolute atomic E-state index is 12.4. The number of carbonyl (C=O) groups excluding carboxylic acids is 2. The molecule has 0 radical (unpaired) electrons. The fraction of sp³-hybridized carbons (Fsp3) is 0.333. The Bertz CT molecular complexity index is 958. The number of rotatable bonds is 11. The molecular formula is C24H30N2O6. The number of benzene rings is 2. The second kappa shape index (κ2) is 12.2. The van der Waals surface area contributed by atoms with Crippen molar-refractivity contribution in [3.8, 4) is 23.0 Å². The number of carbonyl (C=O) groups is 2. The van der Waals surface area contributed by atoms with Crippen LogP contribution in [0.25, 0.3) is 6.08 Å². The number of hydrogen-bond acceptors (Lipinski definition) is 6. The van der Waals surface area contributed by atoms with Gasteiger partial charge in [-0.1, -0.05) is 6.07 Å². The highest BCUT2D eigenvalue weighted by Gasteiger charge is 2.13. The molecule has 0 atom stereocenters. The monoisotopic (exact) mass is 442 g/mol. The molecule has 2 rings (SSSR count). The Hall–Kier alpha value is -3.68. The largest absolute Gasteiger partial charge is 0.493 e. The van der Waals surface area contributed by atoms with E-state index in [1.165, 1.54) is 11.0 Å². The van der Waals surface area contributed by atoms with Gasteiger partial charge in [0.25, 0.3) is 0 Å². The zero-order valence-corrected chi connectivity index (χ0v) is 19.1. The third-order valence-electron chi connectivity index (χ3n) is 4.41. The number of amides is 2. The summed E-state index contributed by atoms with van der Waals surface area (Å²) >= 11 is 0. The Balaban J connectivity index is 1.97. The van der Waals surface area contributed by atoms with E-state index in [1.54, 1.807) is 63.7 Å². The van der Waals surface area contributed by atoms with Crippen LogP contribution in [0.3, 0.4) is 0 Å². The molecule has 0 bridgehead atoms. The Morgan fingerprint density at radius 3 is 2.22 bits per heavy atom. The summed E-state index contributed by atoms with van der Waals surface area (Å²) in [5.41, 5.74) is 1.33. The van der Waals surface area contributed by atoms with Crippen LogP contribution >= 0.6 is 0 Å². The van der Waals surface area contributed by atoms with Gasteiger partial charge in [-0.2, -0.15) is 0 Å². The van der Waals surface area contributed by atoms with Crippen molar-refractivity contribution in [1.29, 1.82) is 0 Å². The fourth-order valence-electron chi connectivity index (χ4n) is 2.87. The molecule has 0 fully saturated rings. The highest BCUT2D eigenvalue weighted by atomic mass is 16.5. The van der Waals surface area contributed by atoms with Crippen LogP contribution in [0.2, 0.25) is 0 Å². The average Bonchev–Trinajstić information content (AvgIpc) is 2.79. The number of methoxy groups -OCH3 is 2. The second-order valence-electron chi connectivity index (χ2n) is 6.72. The van der Waals surface area contributed by atoms with Crippen molar-refractivity contribution in [2.75, 3.05) is 46.3 Å². The van der Waals surface area contributed by atoms with E-state index in [9.17, 15) is 9.59 Å². The SMILES string of the molecule is CCOc1ccc(NC(=O)CN(C)C(=O)/C=C/c2ccc(OC)c(OC)c2)cc1OCC. The summed E-state index contributed by atoms with van der Waals surface area (Å²) in [5.74, 6) is 1.70. The van der Waals surface area contributed by atoms with Gasteiger partial charge in [0.15, 0.2) is 23.0 Å². The number of anilines is 1. The molecule has 8 heteroatoms. The van der Waals surface area contributed by atoms with Gasteiger partial charge >= 0.3 is 0 Å². The van der Waals surface area contributed by atoms with E-state index in [2.05, 4.69) is 5.32 Å². The molecule has 0 saturated carbocycles. The molecule has 0 heterocycles. The molecule has 0 saturated heterocycles. The molecule has 0 spiro atoms. The zero-order chi connectivity index (χ0) is 23.5. The number of hydrogen-bond donors (Lipinski definition) is 1. The number of nitrogens with one attached hydrogen (secondary N) is 1. The van der Waals surface area contributed by atoms with Crippen LogP contribution in [0.15, 0.2) is 42.5 Å². The molecule has 2 aromatic rings. The van der Waals surface area contributed by atoms with E-state index in [0.717, 1.165) is 5.56 Å². The van der Waals surface area contributed by atoms with Crippen LogP contribution in [0.5, 0.6) is 23.0 Å². The lowest BCUT2D eigenvalue weighted by Gasteiger charge is -2.16. The van der Waals surface area contributed by atoms with Gasteiger partial charge in [0.2, 0.25) is 11.8 Å². The lowest BCUT2D eigenvalue weighted by atomic mass is 10.2. The number of ether oxygens (including phenoxy) is 4. The summed E-state index contributed by atoms with van der Waals surface area (Å²) in [5, 5.41) is 2.77. The molecule has 0 unspecified atom stereocenters. The van der Waals surface area contributed by atoms with Crippen molar-refractivity contribution in [2.45, 2.75) is 13.8 Å². The van der Waals surface area contributed by atoms with Crippen molar-refractivity contribution >= 4 is 23.6 Å². The third kappa shape index (κ3) is 6.94. The minimum atomic E-state index is -0.327. The summed E-state index contributed by atoms with van der Waals surface area (Å²) < 4.78 is 21.6. The summed E-state index contributed by atoms with van der Waals surface area (Å²) in [7, 11) is 4.66. The van der Waals surface area contributed by atoms with E-state index in [1.807, 2.05) is 13.8 Å². The van der Waals surface area contributed by atoms with Gasteiger partial charge in [-0.3, -0.25) is 9.59 Å². The van der Waals surface area contributed by atoms with Crippen LogP contribution in [-0.4, -0.2) is 57.7 Å². The predicted molar refractivity (Wildman–Crippen MR) is 124 cm³/mol. The van der Waals surface area contributed by atoms with E-state index in [0.29, 0.717) is 41.9 Å². The molecule has 0 aromatic heterocycles. The zero-order valence-electron chi connectivity index (χ0n) is 19.1. The molecule has 0 aliphatic heterocycles. The predicted octanol–water partition coefficient (Wildman–Crippen LogP) is 3.61. The lowest BCUT2D eigenvalue weighted by molar-refractivity contribution is -0.129. The van der Waals surface area contributed by atoms with E-state index in [-0.39, 0.29) is 18.4 Å². The summed E-state index contributed by atoms with van der Waals surface area (Å²) in [6.45, 7) is 4.64. The van der Waals surface area contributed by atoms with Gasteiger partial charge in [-0.15, -0.1) is 0 Å². The smallest absolute Gasteiger partial charge is 0.246 e. The normalized spacial score (nSPS) is 10.5. The van der Waals surface area contributed by atoms with Crippen molar-refractivity contribution in [3.63, 3.8) is 0 Å². The van der Waals surface area contributed by atoms with Gasteiger partial charge < -0.3 is 29.2 Å². The summed E-state index contributed by atoms with van der Waals surface area (Å²) in [4.78, 5) is 26.1. The second-order valence-corrected chi connectivity index (χ2v) is 6.72. The minimum absolute atomic E-state index is 0.105. The summed E-state index contributed by atoms with van der Waals surface area (Å²) in [6.07, 6.45) is 3.05. The van der Waals surface area contributed by atoms with Gasteiger partial charge in [0.1, 0.15) is 0 Å².